The lowest BCUT2D eigenvalue weighted by Crippen LogP contribution is -2.43. The first-order valence-electron chi connectivity index (χ1n) is 4.45. The van der Waals surface area contributed by atoms with Gasteiger partial charge in [-0.3, -0.25) is 0 Å². The van der Waals surface area contributed by atoms with Gasteiger partial charge in [-0.1, -0.05) is 0 Å². The molecule has 1 aliphatic heterocycles. The van der Waals surface area contributed by atoms with E-state index in [0.29, 0.717) is 19.8 Å². The van der Waals surface area contributed by atoms with Crippen molar-refractivity contribution in [3.8, 4) is 6.07 Å². The van der Waals surface area contributed by atoms with Crippen molar-refractivity contribution in [2.45, 2.75) is 26.0 Å². The fraction of sp³-hybridized carbons (Fsp3) is 0.889. The Morgan fingerprint density at radius 3 is 2.77 bits per heavy atom. The smallest absolute Gasteiger partial charge is 0.0948 e. The van der Waals surface area contributed by atoms with E-state index in [1.165, 1.54) is 0 Å². The van der Waals surface area contributed by atoms with E-state index in [9.17, 15) is 5.11 Å². The second-order valence-corrected chi connectivity index (χ2v) is 4.09. The van der Waals surface area contributed by atoms with Crippen LogP contribution in [-0.2, 0) is 4.74 Å². The lowest BCUT2D eigenvalue weighted by Gasteiger charge is -2.20. The predicted octanol–water partition coefficient (Wildman–Crippen LogP) is -0.115. The standard InChI is InChI=1S/C9H16N2O2/c1-9(2,5-10)6-11-7-3-13-4-8(7)12/h7-8,11-12H,3-4,6H2,1-2H3/t7-,8-/m1/s1. The lowest BCUT2D eigenvalue weighted by atomic mass is 9.95. The maximum atomic E-state index is 9.39. The van der Waals surface area contributed by atoms with Gasteiger partial charge >= 0.3 is 0 Å². The molecule has 1 aliphatic rings. The molecule has 1 saturated heterocycles. The second kappa shape index (κ2) is 4.05. The Morgan fingerprint density at radius 2 is 2.31 bits per heavy atom. The van der Waals surface area contributed by atoms with Crippen LogP contribution in [0.4, 0.5) is 0 Å². The van der Waals surface area contributed by atoms with Gasteiger partial charge in [0, 0.05) is 6.54 Å². The van der Waals surface area contributed by atoms with Gasteiger partial charge in [0.1, 0.15) is 0 Å². The zero-order chi connectivity index (χ0) is 9.90. The quantitative estimate of drug-likeness (QED) is 0.642. The SMILES string of the molecule is CC(C)(C#N)CN[C@@H]1COC[C@H]1O. The first-order valence-corrected chi connectivity index (χ1v) is 4.45. The number of nitriles is 1. The second-order valence-electron chi connectivity index (χ2n) is 4.09. The molecule has 0 aromatic carbocycles. The molecule has 1 fully saturated rings. The highest BCUT2D eigenvalue weighted by Crippen LogP contribution is 2.13. The minimum atomic E-state index is -0.436. The maximum Gasteiger partial charge on any atom is 0.0948 e. The fourth-order valence-electron chi connectivity index (χ4n) is 1.16. The van der Waals surface area contributed by atoms with Crippen LogP contribution in [0.2, 0.25) is 0 Å². The normalized spacial score (nSPS) is 28.8. The number of nitrogens with one attached hydrogen (secondary N) is 1. The summed E-state index contributed by atoms with van der Waals surface area (Å²) in [4.78, 5) is 0. The van der Waals surface area contributed by atoms with Gasteiger partial charge in [-0.05, 0) is 13.8 Å². The number of rotatable bonds is 3. The highest BCUT2D eigenvalue weighted by atomic mass is 16.5. The van der Waals surface area contributed by atoms with Crippen molar-refractivity contribution >= 4 is 0 Å². The Kier molecular flexibility index (Phi) is 3.26. The summed E-state index contributed by atoms with van der Waals surface area (Å²) in [5, 5.41) is 21.3. The van der Waals surface area contributed by atoms with Crippen molar-refractivity contribution in [1.82, 2.24) is 5.32 Å². The van der Waals surface area contributed by atoms with Crippen LogP contribution in [0.15, 0.2) is 0 Å². The molecule has 0 aromatic heterocycles. The van der Waals surface area contributed by atoms with Crippen LogP contribution >= 0.6 is 0 Å². The molecule has 0 radical (unpaired) electrons. The molecule has 2 N–H and O–H groups in total. The van der Waals surface area contributed by atoms with Crippen LogP contribution in [0.3, 0.4) is 0 Å². The molecule has 0 aliphatic carbocycles. The molecule has 0 bridgehead atoms. The number of nitrogens with zero attached hydrogens (tertiary/aromatic N) is 1. The Morgan fingerprint density at radius 1 is 1.62 bits per heavy atom. The van der Waals surface area contributed by atoms with Gasteiger partial charge in [-0.15, -0.1) is 0 Å². The summed E-state index contributed by atoms with van der Waals surface area (Å²) in [6.07, 6.45) is -0.436. The van der Waals surface area contributed by atoms with Crippen molar-refractivity contribution < 1.29 is 9.84 Å². The molecule has 4 nitrogen and oxygen atoms in total. The minimum absolute atomic E-state index is 0.0207. The Labute approximate surface area is 78.5 Å². The summed E-state index contributed by atoms with van der Waals surface area (Å²) < 4.78 is 5.07. The van der Waals surface area contributed by atoms with Gasteiger partial charge < -0.3 is 15.2 Å². The third-order valence-electron chi connectivity index (χ3n) is 2.16. The first-order chi connectivity index (χ1) is 6.05. The summed E-state index contributed by atoms with van der Waals surface area (Å²) in [5.41, 5.74) is -0.387. The third kappa shape index (κ3) is 2.96. The average Bonchev–Trinajstić information content (AvgIpc) is 2.48. The van der Waals surface area contributed by atoms with Crippen LogP contribution in [-0.4, -0.2) is 37.0 Å². The van der Waals surface area contributed by atoms with Crippen LogP contribution < -0.4 is 5.32 Å². The molecular formula is C9H16N2O2. The molecule has 1 rings (SSSR count). The molecule has 0 amide bonds. The van der Waals surface area contributed by atoms with Gasteiger partial charge in [-0.2, -0.15) is 5.26 Å². The van der Waals surface area contributed by atoms with Crippen LogP contribution in [0.5, 0.6) is 0 Å². The van der Waals surface area contributed by atoms with Crippen molar-refractivity contribution in [2.24, 2.45) is 5.41 Å². The van der Waals surface area contributed by atoms with E-state index < -0.39 is 6.10 Å². The monoisotopic (exact) mass is 184 g/mol. The average molecular weight is 184 g/mol. The predicted molar refractivity (Wildman–Crippen MR) is 48.0 cm³/mol. The first kappa shape index (κ1) is 10.5. The molecule has 0 aromatic rings. The highest BCUT2D eigenvalue weighted by molar-refractivity contribution is 4.95. The molecule has 0 unspecified atom stereocenters. The van der Waals surface area contributed by atoms with E-state index in [-0.39, 0.29) is 11.5 Å². The van der Waals surface area contributed by atoms with Crippen molar-refractivity contribution in [3.05, 3.63) is 0 Å². The molecule has 2 atom stereocenters. The number of aliphatic hydroxyl groups is 1. The van der Waals surface area contributed by atoms with Crippen LogP contribution in [0.1, 0.15) is 13.8 Å². The van der Waals surface area contributed by atoms with E-state index in [2.05, 4.69) is 11.4 Å². The molecule has 0 spiro atoms. The molecule has 74 valence electrons. The zero-order valence-corrected chi connectivity index (χ0v) is 8.08. The van der Waals surface area contributed by atoms with E-state index in [1.54, 1.807) is 0 Å². The lowest BCUT2D eigenvalue weighted by molar-refractivity contribution is 0.121. The number of hydrogen-bond donors (Lipinski definition) is 2. The van der Waals surface area contributed by atoms with E-state index in [1.807, 2.05) is 13.8 Å². The molecule has 1 heterocycles. The fourth-order valence-corrected chi connectivity index (χ4v) is 1.16. The third-order valence-corrected chi connectivity index (χ3v) is 2.16. The Hall–Kier alpha value is -0.630. The molecule has 13 heavy (non-hydrogen) atoms. The van der Waals surface area contributed by atoms with E-state index >= 15 is 0 Å². The summed E-state index contributed by atoms with van der Waals surface area (Å²) in [6, 6.07) is 2.17. The number of aliphatic hydroxyl groups excluding tert-OH is 1. The summed E-state index contributed by atoms with van der Waals surface area (Å²) in [5.74, 6) is 0. The van der Waals surface area contributed by atoms with Crippen molar-refractivity contribution in [3.63, 3.8) is 0 Å². The summed E-state index contributed by atoms with van der Waals surface area (Å²) in [6.45, 7) is 5.23. The maximum absolute atomic E-state index is 9.39. The Bertz CT molecular complexity index is 210. The van der Waals surface area contributed by atoms with Gasteiger partial charge in [0.05, 0.1) is 36.8 Å². The number of hydrogen-bond acceptors (Lipinski definition) is 4. The summed E-state index contributed by atoms with van der Waals surface area (Å²) in [7, 11) is 0. The van der Waals surface area contributed by atoms with E-state index in [4.69, 9.17) is 10.00 Å². The zero-order valence-electron chi connectivity index (χ0n) is 8.08. The van der Waals surface area contributed by atoms with Gasteiger partial charge in [0.2, 0.25) is 0 Å². The topological polar surface area (TPSA) is 65.3 Å². The molecular weight excluding hydrogens is 168 g/mol. The number of ether oxygens (including phenoxy) is 1. The highest BCUT2D eigenvalue weighted by Gasteiger charge is 2.27. The molecule has 4 heteroatoms. The Balaban J connectivity index is 2.30. The van der Waals surface area contributed by atoms with Crippen molar-refractivity contribution in [1.29, 1.82) is 5.26 Å². The van der Waals surface area contributed by atoms with Crippen LogP contribution in [0, 0.1) is 16.7 Å². The minimum Gasteiger partial charge on any atom is -0.389 e. The summed E-state index contributed by atoms with van der Waals surface area (Å²) >= 11 is 0. The van der Waals surface area contributed by atoms with Gasteiger partial charge in [0.15, 0.2) is 0 Å². The molecule has 0 saturated carbocycles. The van der Waals surface area contributed by atoms with Crippen molar-refractivity contribution in [2.75, 3.05) is 19.8 Å². The van der Waals surface area contributed by atoms with Gasteiger partial charge in [0.25, 0.3) is 0 Å². The van der Waals surface area contributed by atoms with E-state index in [0.717, 1.165) is 0 Å². The van der Waals surface area contributed by atoms with Gasteiger partial charge in [-0.25, -0.2) is 0 Å². The largest absolute Gasteiger partial charge is 0.389 e. The van der Waals surface area contributed by atoms with Crippen LogP contribution in [0.25, 0.3) is 0 Å².